The number of carbonyl (C=O) groups is 1. The lowest BCUT2D eigenvalue weighted by Crippen LogP contribution is -2.25. The van der Waals surface area contributed by atoms with Crippen molar-refractivity contribution in [3.63, 3.8) is 0 Å². The number of halogens is 3. The number of aromatic carboxylic acids is 1. The van der Waals surface area contributed by atoms with Gasteiger partial charge in [-0.3, -0.25) is 9.58 Å². The lowest BCUT2D eigenvalue weighted by atomic mass is 10.1. The van der Waals surface area contributed by atoms with E-state index < -0.39 is 11.8 Å². The van der Waals surface area contributed by atoms with Gasteiger partial charge in [-0.05, 0) is 50.1 Å². The number of hydrogen-bond acceptors (Lipinski definition) is 3. The Kier molecular flexibility index (Phi) is 5.27. The molecule has 1 N–H and O–H groups in total. The number of benzene rings is 2. The second-order valence-electron chi connectivity index (χ2n) is 7.50. The normalized spacial score (nSPS) is 18.4. The molecule has 2 aromatic carbocycles. The minimum absolute atomic E-state index is 0.0679. The van der Waals surface area contributed by atoms with Crippen molar-refractivity contribution in [2.75, 3.05) is 13.1 Å². The molecule has 0 unspecified atom stereocenters. The number of hydrogen-bond donors (Lipinski definition) is 1. The molecule has 2 atom stereocenters. The average Bonchev–Trinajstić information content (AvgIpc) is 3.24. The van der Waals surface area contributed by atoms with Crippen LogP contribution in [-0.4, -0.2) is 38.8 Å². The van der Waals surface area contributed by atoms with Crippen molar-refractivity contribution in [2.45, 2.75) is 32.4 Å². The Morgan fingerprint density at radius 1 is 1.24 bits per heavy atom. The third-order valence-corrected chi connectivity index (χ3v) is 6.10. The van der Waals surface area contributed by atoms with Gasteiger partial charge >= 0.3 is 5.97 Å². The molecule has 0 spiro atoms. The monoisotopic (exact) mass is 435 g/mol. The summed E-state index contributed by atoms with van der Waals surface area (Å²) in [5.41, 5.74) is 2.02. The Labute approximate surface area is 177 Å². The number of aryl methyl sites for hydroxylation is 1. The SMILES string of the molecule is Cc1nn([C@@H]2CCN([C@H](C)c3cc(Cl)cc(Cl)c3)C2)c2cc(F)c(C(=O)O)cc12. The third kappa shape index (κ3) is 3.72. The van der Waals surface area contributed by atoms with Crippen LogP contribution in [0.3, 0.4) is 0 Å². The summed E-state index contributed by atoms with van der Waals surface area (Å²) in [6, 6.07) is 8.39. The smallest absolute Gasteiger partial charge is 0.338 e. The van der Waals surface area contributed by atoms with Crippen LogP contribution >= 0.6 is 23.2 Å². The third-order valence-electron chi connectivity index (χ3n) is 5.67. The molecule has 0 bridgehead atoms. The molecule has 29 heavy (non-hydrogen) atoms. The Balaban J connectivity index is 1.63. The molecular weight excluding hydrogens is 416 g/mol. The van der Waals surface area contributed by atoms with Crippen LogP contribution in [0.2, 0.25) is 10.0 Å². The number of rotatable bonds is 4. The van der Waals surface area contributed by atoms with Crippen LogP contribution in [-0.2, 0) is 0 Å². The second kappa shape index (κ2) is 7.59. The molecule has 8 heteroatoms. The van der Waals surface area contributed by atoms with Gasteiger partial charge in [0, 0.05) is 40.6 Å². The average molecular weight is 436 g/mol. The van der Waals surface area contributed by atoms with Crippen molar-refractivity contribution in [3.05, 3.63) is 63.0 Å². The van der Waals surface area contributed by atoms with E-state index in [1.165, 1.54) is 12.1 Å². The first kappa shape index (κ1) is 20.1. The van der Waals surface area contributed by atoms with Gasteiger partial charge in [0.2, 0.25) is 0 Å². The molecule has 0 amide bonds. The minimum atomic E-state index is -1.28. The maximum atomic E-state index is 14.3. The number of nitrogens with zero attached hydrogens (tertiary/aromatic N) is 3. The number of aromatic nitrogens is 2. The topological polar surface area (TPSA) is 58.4 Å². The molecule has 1 aliphatic rings. The number of carboxylic acids is 1. The van der Waals surface area contributed by atoms with Gasteiger partial charge in [-0.25, -0.2) is 9.18 Å². The minimum Gasteiger partial charge on any atom is -0.478 e. The van der Waals surface area contributed by atoms with Gasteiger partial charge in [0.25, 0.3) is 0 Å². The van der Waals surface area contributed by atoms with E-state index in [4.69, 9.17) is 23.2 Å². The summed E-state index contributed by atoms with van der Waals surface area (Å²) in [4.78, 5) is 13.6. The van der Waals surface area contributed by atoms with Crippen LogP contribution in [0, 0.1) is 12.7 Å². The van der Waals surface area contributed by atoms with Crippen LogP contribution in [0.25, 0.3) is 10.9 Å². The highest BCUT2D eigenvalue weighted by Crippen LogP contribution is 2.34. The molecule has 0 radical (unpaired) electrons. The van der Waals surface area contributed by atoms with Gasteiger partial charge in [0.05, 0.1) is 22.8 Å². The predicted octanol–water partition coefficient (Wildman–Crippen LogP) is 5.50. The van der Waals surface area contributed by atoms with Gasteiger partial charge in [-0.15, -0.1) is 0 Å². The molecule has 1 aliphatic heterocycles. The van der Waals surface area contributed by atoms with Crippen LogP contribution in [0.15, 0.2) is 30.3 Å². The highest BCUT2D eigenvalue weighted by atomic mass is 35.5. The van der Waals surface area contributed by atoms with Crippen molar-refractivity contribution >= 4 is 40.1 Å². The van der Waals surface area contributed by atoms with Gasteiger partial charge in [-0.2, -0.15) is 5.10 Å². The van der Waals surface area contributed by atoms with E-state index in [2.05, 4.69) is 16.9 Å². The fraction of sp³-hybridized carbons (Fsp3) is 0.333. The van der Waals surface area contributed by atoms with Crippen LogP contribution < -0.4 is 0 Å². The zero-order valence-corrected chi connectivity index (χ0v) is 17.5. The van der Waals surface area contributed by atoms with Crippen molar-refractivity contribution < 1.29 is 14.3 Å². The van der Waals surface area contributed by atoms with Crippen LogP contribution in [0.5, 0.6) is 0 Å². The zero-order chi connectivity index (χ0) is 20.9. The standard InChI is InChI=1S/C21H20Cl2FN3O2/c1-11-17-8-18(21(28)29)19(24)9-20(17)27(25-11)16-3-4-26(10-16)12(2)13-5-14(22)7-15(23)6-13/h5-9,12,16H,3-4,10H2,1-2H3,(H,28,29)/t12-,16-/m1/s1. The lowest BCUT2D eigenvalue weighted by Gasteiger charge is -2.25. The van der Waals surface area contributed by atoms with Crippen LogP contribution in [0.4, 0.5) is 4.39 Å². The molecule has 152 valence electrons. The largest absolute Gasteiger partial charge is 0.478 e. The number of carboxylic acid groups (broad SMARTS) is 1. The van der Waals surface area contributed by atoms with Crippen LogP contribution in [0.1, 0.15) is 47.0 Å². The maximum absolute atomic E-state index is 14.3. The Hall–Kier alpha value is -2.15. The fourth-order valence-corrected chi connectivity index (χ4v) is 4.64. The summed E-state index contributed by atoms with van der Waals surface area (Å²) in [6.07, 6.45) is 0.858. The molecule has 0 saturated carbocycles. The molecule has 1 saturated heterocycles. The van der Waals surface area contributed by atoms with E-state index in [9.17, 15) is 14.3 Å². The Bertz CT molecular complexity index is 1090. The summed E-state index contributed by atoms with van der Waals surface area (Å²) < 4.78 is 16.1. The quantitative estimate of drug-likeness (QED) is 0.587. The molecule has 1 aromatic heterocycles. The predicted molar refractivity (Wildman–Crippen MR) is 111 cm³/mol. The molecular formula is C21H20Cl2FN3O2. The molecule has 5 nitrogen and oxygen atoms in total. The fourth-order valence-electron chi connectivity index (χ4n) is 4.10. The first-order valence-electron chi connectivity index (χ1n) is 9.36. The Morgan fingerprint density at radius 2 is 1.93 bits per heavy atom. The molecule has 0 aliphatic carbocycles. The molecule has 4 rings (SSSR count). The second-order valence-corrected chi connectivity index (χ2v) is 8.37. The zero-order valence-electron chi connectivity index (χ0n) is 16.0. The Morgan fingerprint density at radius 3 is 2.59 bits per heavy atom. The van der Waals surface area contributed by atoms with E-state index in [0.29, 0.717) is 26.6 Å². The summed E-state index contributed by atoms with van der Waals surface area (Å²) in [6.45, 7) is 5.51. The molecule has 2 heterocycles. The lowest BCUT2D eigenvalue weighted by molar-refractivity contribution is 0.0692. The highest BCUT2D eigenvalue weighted by molar-refractivity contribution is 6.34. The van der Waals surface area contributed by atoms with Crippen molar-refractivity contribution in [1.29, 1.82) is 0 Å². The van der Waals surface area contributed by atoms with Gasteiger partial charge in [0.15, 0.2) is 0 Å². The van der Waals surface area contributed by atoms with Crippen molar-refractivity contribution in [3.8, 4) is 0 Å². The maximum Gasteiger partial charge on any atom is 0.338 e. The summed E-state index contributed by atoms with van der Waals surface area (Å²) in [5, 5.41) is 15.7. The molecule has 1 fully saturated rings. The van der Waals surface area contributed by atoms with E-state index in [1.807, 2.05) is 23.7 Å². The van der Waals surface area contributed by atoms with E-state index in [1.54, 1.807) is 6.07 Å². The number of likely N-dealkylation sites (tertiary alicyclic amines) is 1. The summed E-state index contributed by atoms with van der Waals surface area (Å²) in [5.74, 6) is -2.03. The first-order chi connectivity index (χ1) is 13.7. The van der Waals surface area contributed by atoms with Gasteiger partial charge in [0.1, 0.15) is 5.82 Å². The summed E-state index contributed by atoms with van der Waals surface area (Å²) >= 11 is 12.3. The van der Waals surface area contributed by atoms with Gasteiger partial charge < -0.3 is 5.11 Å². The van der Waals surface area contributed by atoms with E-state index in [0.717, 1.165) is 25.1 Å². The first-order valence-corrected chi connectivity index (χ1v) is 10.1. The van der Waals surface area contributed by atoms with E-state index in [-0.39, 0.29) is 17.6 Å². The van der Waals surface area contributed by atoms with Gasteiger partial charge in [-0.1, -0.05) is 23.2 Å². The number of fused-ring (bicyclic) bond motifs is 1. The van der Waals surface area contributed by atoms with Crippen molar-refractivity contribution in [1.82, 2.24) is 14.7 Å². The van der Waals surface area contributed by atoms with E-state index >= 15 is 0 Å². The summed E-state index contributed by atoms with van der Waals surface area (Å²) in [7, 11) is 0. The van der Waals surface area contributed by atoms with Crippen molar-refractivity contribution in [2.24, 2.45) is 0 Å². The molecule has 3 aromatic rings. The highest BCUT2D eigenvalue weighted by Gasteiger charge is 2.30.